The molecule has 1 aromatic rings. The lowest BCUT2D eigenvalue weighted by atomic mass is 10.1. The lowest BCUT2D eigenvalue weighted by molar-refractivity contribution is -0.151. The van der Waals surface area contributed by atoms with Crippen molar-refractivity contribution in [1.82, 2.24) is 10.3 Å². The number of nitrogens with one attached hydrogen (secondary N) is 1. The van der Waals surface area contributed by atoms with Crippen molar-refractivity contribution in [3.8, 4) is 5.75 Å². The van der Waals surface area contributed by atoms with E-state index in [4.69, 9.17) is 20.0 Å². The van der Waals surface area contributed by atoms with E-state index in [1.54, 1.807) is 0 Å². The van der Waals surface area contributed by atoms with Gasteiger partial charge in [-0.05, 0) is 6.92 Å². The standard InChI is InChI=1S/C11H15N2O9P/c1-5-9(14)7(3-13-8(10(15)16)11(17)18)6(2-12-5)4-22-23(19,20)21/h2,8,13-14H,3-4H2,1H3,(H,15,16)(H,17,18)(H2,19,20,21). The van der Waals surface area contributed by atoms with Crippen LogP contribution in [0.1, 0.15) is 16.8 Å². The maximum Gasteiger partial charge on any atom is 0.469 e. The molecule has 11 nitrogen and oxygen atoms in total. The number of pyridine rings is 1. The van der Waals surface area contributed by atoms with Gasteiger partial charge < -0.3 is 25.1 Å². The predicted octanol–water partition coefficient (Wildman–Crippen LogP) is -0.668. The van der Waals surface area contributed by atoms with Crippen LogP contribution in [0.15, 0.2) is 6.20 Å². The Bertz CT molecular complexity index is 643. The van der Waals surface area contributed by atoms with Gasteiger partial charge >= 0.3 is 19.8 Å². The maximum absolute atomic E-state index is 10.8. The minimum Gasteiger partial charge on any atom is -0.506 e. The first kappa shape index (κ1) is 19.0. The Labute approximate surface area is 129 Å². The van der Waals surface area contributed by atoms with E-state index < -0.39 is 39.0 Å². The number of aryl methyl sites for hydroxylation is 1. The second-order valence-electron chi connectivity index (χ2n) is 4.45. The van der Waals surface area contributed by atoms with Crippen molar-refractivity contribution in [1.29, 1.82) is 0 Å². The number of phosphoric ester groups is 1. The van der Waals surface area contributed by atoms with Crippen LogP contribution >= 0.6 is 7.82 Å². The molecule has 0 aliphatic carbocycles. The molecule has 1 rings (SSSR count). The minimum atomic E-state index is -4.77. The monoisotopic (exact) mass is 350 g/mol. The summed E-state index contributed by atoms with van der Waals surface area (Å²) in [7, 11) is -4.77. The Morgan fingerprint density at radius 1 is 1.35 bits per heavy atom. The van der Waals surface area contributed by atoms with Crippen LogP contribution < -0.4 is 5.32 Å². The molecule has 1 aromatic heterocycles. The zero-order valence-corrected chi connectivity index (χ0v) is 12.7. The van der Waals surface area contributed by atoms with Crippen molar-refractivity contribution >= 4 is 19.8 Å². The van der Waals surface area contributed by atoms with Crippen LogP contribution in [0.5, 0.6) is 5.75 Å². The van der Waals surface area contributed by atoms with Crippen molar-refractivity contribution in [2.75, 3.05) is 0 Å². The summed E-state index contributed by atoms with van der Waals surface area (Å²) >= 11 is 0. The van der Waals surface area contributed by atoms with E-state index in [0.717, 1.165) is 0 Å². The molecule has 128 valence electrons. The molecule has 0 fully saturated rings. The molecule has 0 atom stereocenters. The first-order valence-electron chi connectivity index (χ1n) is 6.08. The number of rotatable bonds is 8. The fourth-order valence-corrected chi connectivity index (χ4v) is 1.95. The van der Waals surface area contributed by atoms with E-state index in [1.165, 1.54) is 13.1 Å². The smallest absolute Gasteiger partial charge is 0.469 e. The molecule has 0 aromatic carbocycles. The summed E-state index contributed by atoms with van der Waals surface area (Å²) in [4.78, 5) is 42.8. The Morgan fingerprint density at radius 3 is 2.39 bits per heavy atom. The van der Waals surface area contributed by atoms with E-state index in [2.05, 4.69) is 14.8 Å². The number of phosphoric acid groups is 1. The van der Waals surface area contributed by atoms with Crippen molar-refractivity contribution < 1.29 is 43.8 Å². The molecule has 0 spiro atoms. The third-order valence-electron chi connectivity index (χ3n) is 2.80. The maximum atomic E-state index is 10.8. The van der Waals surface area contributed by atoms with Crippen LogP contribution in [0.2, 0.25) is 0 Å². The fraction of sp³-hybridized carbons (Fsp3) is 0.364. The average molecular weight is 350 g/mol. The first-order valence-corrected chi connectivity index (χ1v) is 7.61. The van der Waals surface area contributed by atoms with E-state index in [0.29, 0.717) is 0 Å². The molecule has 1 heterocycles. The highest BCUT2D eigenvalue weighted by Gasteiger charge is 2.26. The third kappa shape index (κ3) is 5.58. The van der Waals surface area contributed by atoms with Crippen molar-refractivity contribution in [3.05, 3.63) is 23.0 Å². The molecule has 12 heteroatoms. The lowest BCUT2D eigenvalue weighted by Crippen LogP contribution is -2.43. The quantitative estimate of drug-likeness (QED) is 0.258. The van der Waals surface area contributed by atoms with Gasteiger partial charge in [0.1, 0.15) is 5.75 Å². The highest BCUT2D eigenvalue weighted by atomic mass is 31.2. The van der Waals surface area contributed by atoms with Crippen LogP contribution in [0.4, 0.5) is 0 Å². The van der Waals surface area contributed by atoms with Gasteiger partial charge in [-0.1, -0.05) is 0 Å². The molecule has 0 aliphatic heterocycles. The van der Waals surface area contributed by atoms with Crippen LogP contribution in [0, 0.1) is 6.92 Å². The van der Waals surface area contributed by atoms with Gasteiger partial charge in [-0.3, -0.25) is 14.8 Å². The van der Waals surface area contributed by atoms with Gasteiger partial charge in [0.15, 0.2) is 0 Å². The summed E-state index contributed by atoms with van der Waals surface area (Å²) in [6.45, 7) is 0.448. The summed E-state index contributed by atoms with van der Waals surface area (Å²) in [6, 6.07) is -1.92. The first-order chi connectivity index (χ1) is 10.5. The number of hydrogen-bond donors (Lipinski definition) is 6. The number of aromatic hydroxyl groups is 1. The molecule has 0 bridgehead atoms. The molecule has 0 amide bonds. The number of aliphatic carboxylic acids is 2. The van der Waals surface area contributed by atoms with E-state index in [1.807, 2.05) is 0 Å². The van der Waals surface area contributed by atoms with E-state index in [-0.39, 0.29) is 22.6 Å². The second-order valence-corrected chi connectivity index (χ2v) is 5.69. The number of nitrogens with zero attached hydrogens (tertiary/aromatic N) is 1. The van der Waals surface area contributed by atoms with Crippen LogP contribution in [0.3, 0.4) is 0 Å². The van der Waals surface area contributed by atoms with Gasteiger partial charge in [-0.2, -0.15) is 0 Å². The number of carbonyl (C=O) groups is 2. The number of carboxylic acids is 2. The molecule has 0 radical (unpaired) electrons. The van der Waals surface area contributed by atoms with Crippen LogP contribution in [0.25, 0.3) is 0 Å². The Morgan fingerprint density at radius 2 is 1.91 bits per heavy atom. The zero-order chi connectivity index (χ0) is 17.8. The Balaban J connectivity index is 3.03. The predicted molar refractivity (Wildman–Crippen MR) is 73.4 cm³/mol. The van der Waals surface area contributed by atoms with Gasteiger partial charge in [0.05, 0.1) is 12.3 Å². The van der Waals surface area contributed by atoms with Crippen molar-refractivity contribution in [3.63, 3.8) is 0 Å². The summed E-state index contributed by atoms with van der Waals surface area (Å²) in [6.07, 6.45) is 1.18. The Kier molecular flexibility index (Phi) is 6.19. The number of hydrogen-bond acceptors (Lipinski definition) is 7. The molecule has 23 heavy (non-hydrogen) atoms. The van der Waals surface area contributed by atoms with Gasteiger partial charge in [-0.15, -0.1) is 0 Å². The summed E-state index contributed by atoms with van der Waals surface area (Å²) in [5.74, 6) is -3.62. The number of aromatic nitrogens is 1. The SMILES string of the molecule is Cc1ncc(COP(=O)(O)O)c(CNC(C(=O)O)C(=O)O)c1O. The molecular weight excluding hydrogens is 335 g/mol. The number of carboxylic acid groups (broad SMARTS) is 2. The largest absolute Gasteiger partial charge is 0.506 e. The molecule has 0 saturated heterocycles. The Hall–Kier alpha value is -2.04. The van der Waals surface area contributed by atoms with Gasteiger partial charge in [0.25, 0.3) is 0 Å². The average Bonchev–Trinajstić information content (AvgIpc) is 2.40. The van der Waals surface area contributed by atoms with Gasteiger partial charge in [0.2, 0.25) is 6.04 Å². The highest BCUT2D eigenvalue weighted by Crippen LogP contribution is 2.38. The van der Waals surface area contributed by atoms with E-state index >= 15 is 0 Å². The summed E-state index contributed by atoms with van der Waals surface area (Å²) in [5.41, 5.74) is 0.265. The van der Waals surface area contributed by atoms with Gasteiger partial charge in [0, 0.05) is 23.9 Å². The zero-order valence-electron chi connectivity index (χ0n) is 11.8. The molecule has 0 aliphatic rings. The topological polar surface area (TPSA) is 187 Å². The molecule has 6 N–H and O–H groups in total. The molecule has 0 unspecified atom stereocenters. The van der Waals surface area contributed by atoms with Gasteiger partial charge in [-0.25, -0.2) is 14.2 Å². The minimum absolute atomic E-state index is 0.0263. The van der Waals surface area contributed by atoms with Crippen molar-refractivity contribution in [2.24, 2.45) is 0 Å². The van der Waals surface area contributed by atoms with Crippen LogP contribution in [-0.4, -0.2) is 48.1 Å². The molecular formula is C11H15N2O9P. The van der Waals surface area contributed by atoms with E-state index in [9.17, 15) is 19.3 Å². The van der Waals surface area contributed by atoms with Crippen molar-refractivity contribution in [2.45, 2.75) is 26.1 Å². The molecule has 0 saturated carbocycles. The normalized spacial score (nSPS) is 11.7. The summed E-state index contributed by atoms with van der Waals surface area (Å²) in [5, 5.41) is 29.7. The summed E-state index contributed by atoms with van der Waals surface area (Å²) < 4.78 is 15.0. The fourth-order valence-electron chi connectivity index (χ4n) is 1.64. The lowest BCUT2D eigenvalue weighted by Gasteiger charge is -2.16. The van der Waals surface area contributed by atoms with Crippen LogP contribution in [-0.2, 0) is 31.8 Å². The highest BCUT2D eigenvalue weighted by molar-refractivity contribution is 7.46. The second kappa shape index (κ2) is 7.49. The third-order valence-corrected chi connectivity index (χ3v) is 3.26.